The molecular formula is C15H28N2O3. The first-order valence-corrected chi connectivity index (χ1v) is 7.77. The van der Waals surface area contributed by atoms with Crippen molar-refractivity contribution in [3.8, 4) is 0 Å². The van der Waals surface area contributed by atoms with Crippen LogP contribution in [0, 0.1) is 0 Å². The molecule has 3 atom stereocenters. The number of ether oxygens (including phenoxy) is 1. The number of amides is 1. The van der Waals surface area contributed by atoms with Crippen LogP contribution in [0.5, 0.6) is 0 Å². The molecule has 1 saturated carbocycles. The summed E-state index contributed by atoms with van der Waals surface area (Å²) < 4.78 is 5.35. The zero-order valence-electron chi connectivity index (χ0n) is 12.9. The lowest BCUT2D eigenvalue weighted by molar-refractivity contribution is 0.0281. The van der Waals surface area contributed by atoms with Gasteiger partial charge in [0.25, 0.3) is 0 Å². The van der Waals surface area contributed by atoms with E-state index in [2.05, 4.69) is 10.2 Å². The SMILES string of the molecule is CC(C)(C)OC(=O)NC1CCC(O)CC1N1CCCC1. The molecule has 0 bridgehead atoms. The summed E-state index contributed by atoms with van der Waals surface area (Å²) >= 11 is 0. The van der Waals surface area contributed by atoms with E-state index in [9.17, 15) is 9.90 Å². The maximum atomic E-state index is 12.0. The maximum absolute atomic E-state index is 12.0. The Kier molecular flexibility index (Phi) is 4.91. The van der Waals surface area contributed by atoms with Gasteiger partial charge in [-0.2, -0.15) is 0 Å². The Bertz CT molecular complexity index is 335. The topological polar surface area (TPSA) is 61.8 Å². The predicted molar refractivity (Wildman–Crippen MR) is 77.6 cm³/mol. The minimum Gasteiger partial charge on any atom is -0.444 e. The van der Waals surface area contributed by atoms with Crippen molar-refractivity contribution in [2.45, 2.75) is 76.7 Å². The number of likely N-dealkylation sites (tertiary alicyclic amines) is 1. The Morgan fingerprint density at radius 3 is 2.50 bits per heavy atom. The highest BCUT2D eigenvalue weighted by Crippen LogP contribution is 2.26. The zero-order valence-corrected chi connectivity index (χ0v) is 12.9. The van der Waals surface area contributed by atoms with Gasteiger partial charge < -0.3 is 15.2 Å². The van der Waals surface area contributed by atoms with Crippen molar-refractivity contribution < 1.29 is 14.6 Å². The van der Waals surface area contributed by atoms with E-state index >= 15 is 0 Å². The van der Waals surface area contributed by atoms with Crippen LogP contribution in [0.2, 0.25) is 0 Å². The minimum atomic E-state index is -0.471. The molecule has 1 saturated heterocycles. The van der Waals surface area contributed by atoms with Gasteiger partial charge in [0.05, 0.1) is 6.10 Å². The first kappa shape index (κ1) is 15.6. The van der Waals surface area contributed by atoms with Gasteiger partial charge in [-0.3, -0.25) is 4.90 Å². The van der Waals surface area contributed by atoms with Crippen LogP contribution >= 0.6 is 0 Å². The van der Waals surface area contributed by atoms with Crippen molar-refractivity contribution >= 4 is 6.09 Å². The highest BCUT2D eigenvalue weighted by Gasteiger charge is 2.36. The van der Waals surface area contributed by atoms with E-state index in [1.54, 1.807) is 0 Å². The number of nitrogens with one attached hydrogen (secondary N) is 1. The second-order valence-corrected chi connectivity index (χ2v) is 7.03. The Hall–Kier alpha value is -0.810. The number of aliphatic hydroxyl groups is 1. The molecule has 1 amide bonds. The first-order valence-electron chi connectivity index (χ1n) is 7.77. The molecule has 20 heavy (non-hydrogen) atoms. The van der Waals surface area contributed by atoms with Crippen LogP contribution < -0.4 is 5.32 Å². The number of carbonyl (C=O) groups is 1. The summed E-state index contributed by atoms with van der Waals surface area (Å²) in [5.74, 6) is 0. The molecule has 0 radical (unpaired) electrons. The van der Waals surface area contributed by atoms with Gasteiger partial charge in [-0.25, -0.2) is 4.79 Å². The molecule has 1 aliphatic heterocycles. The van der Waals surface area contributed by atoms with Crippen molar-refractivity contribution in [3.63, 3.8) is 0 Å². The van der Waals surface area contributed by atoms with Crippen molar-refractivity contribution in [2.75, 3.05) is 13.1 Å². The van der Waals surface area contributed by atoms with Gasteiger partial charge in [0, 0.05) is 12.1 Å². The molecule has 1 heterocycles. The fourth-order valence-corrected chi connectivity index (χ4v) is 3.23. The average molecular weight is 284 g/mol. The second kappa shape index (κ2) is 6.31. The Morgan fingerprint density at radius 1 is 1.25 bits per heavy atom. The van der Waals surface area contributed by atoms with Crippen molar-refractivity contribution in [2.24, 2.45) is 0 Å². The number of nitrogens with zero attached hydrogens (tertiary/aromatic N) is 1. The second-order valence-electron chi connectivity index (χ2n) is 7.03. The smallest absolute Gasteiger partial charge is 0.407 e. The highest BCUT2D eigenvalue weighted by atomic mass is 16.6. The molecule has 2 rings (SSSR count). The lowest BCUT2D eigenvalue weighted by atomic mass is 9.87. The lowest BCUT2D eigenvalue weighted by Gasteiger charge is -2.40. The fourth-order valence-electron chi connectivity index (χ4n) is 3.23. The maximum Gasteiger partial charge on any atom is 0.407 e. The van der Waals surface area contributed by atoms with Crippen LogP contribution in [0.1, 0.15) is 52.9 Å². The van der Waals surface area contributed by atoms with Gasteiger partial charge in [0.15, 0.2) is 0 Å². The molecule has 0 aromatic heterocycles. The Morgan fingerprint density at radius 2 is 1.90 bits per heavy atom. The summed E-state index contributed by atoms with van der Waals surface area (Å²) in [5, 5.41) is 12.9. The molecule has 0 aromatic rings. The van der Waals surface area contributed by atoms with E-state index in [0.717, 1.165) is 32.4 Å². The van der Waals surface area contributed by atoms with Crippen molar-refractivity contribution in [3.05, 3.63) is 0 Å². The van der Waals surface area contributed by atoms with Crippen LogP contribution in [0.25, 0.3) is 0 Å². The largest absolute Gasteiger partial charge is 0.444 e. The van der Waals surface area contributed by atoms with Gasteiger partial charge >= 0.3 is 6.09 Å². The number of aliphatic hydroxyl groups excluding tert-OH is 1. The molecule has 3 unspecified atom stereocenters. The van der Waals surface area contributed by atoms with E-state index in [-0.39, 0.29) is 24.3 Å². The van der Waals surface area contributed by atoms with Gasteiger partial charge in [0.1, 0.15) is 5.60 Å². The average Bonchev–Trinajstić information content (AvgIpc) is 2.82. The van der Waals surface area contributed by atoms with Gasteiger partial charge in [-0.15, -0.1) is 0 Å². The molecular weight excluding hydrogens is 256 g/mol. The number of hydrogen-bond donors (Lipinski definition) is 2. The Balaban J connectivity index is 1.94. The van der Waals surface area contributed by atoms with Gasteiger partial charge in [0.2, 0.25) is 0 Å². The van der Waals surface area contributed by atoms with Crippen LogP contribution in [-0.4, -0.2) is 53.0 Å². The molecule has 5 heteroatoms. The van der Waals surface area contributed by atoms with E-state index in [4.69, 9.17) is 4.74 Å². The zero-order chi connectivity index (χ0) is 14.8. The molecule has 5 nitrogen and oxygen atoms in total. The Labute approximate surface area is 121 Å². The van der Waals surface area contributed by atoms with Crippen LogP contribution in [-0.2, 0) is 4.74 Å². The number of rotatable bonds is 2. The van der Waals surface area contributed by atoms with Gasteiger partial charge in [-0.05, 0) is 66.0 Å². The minimum absolute atomic E-state index is 0.0892. The predicted octanol–water partition coefficient (Wildman–Crippen LogP) is 1.89. The summed E-state index contributed by atoms with van der Waals surface area (Å²) in [7, 11) is 0. The van der Waals surface area contributed by atoms with Gasteiger partial charge in [-0.1, -0.05) is 0 Å². The third-order valence-electron chi connectivity index (χ3n) is 4.10. The third-order valence-corrected chi connectivity index (χ3v) is 4.10. The molecule has 0 spiro atoms. The molecule has 2 N–H and O–H groups in total. The van der Waals surface area contributed by atoms with Crippen LogP contribution in [0.15, 0.2) is 0 Å². The molecule has 1 aliphatic carbocycles. The molecule has 116 valence electrons. The third kappa shape index (κ3) is 4.35. The molecule has 2 aliphatic rings. The quantitative estimate of drug-likeness (QED) is 0.813. The monoisotopic (exact) mass is 284 g/mol. The summed E-state index contributed by atoms with van der Waals surface area (Å²) in [6, 6.07) is 0.333. The fraction of sp³-hybridized carbons (Fsp3) is 0.933. The standard InChI is InChI=1S/C15H28N2O3/c1-15(2,3)20-14(19)16-12-7-6-11(18)10-13(12)17-8-4-5-9-17/h11-13,18H,4-10H2,1-3H3,(H,16,19). The summed E-state index contributed by atoms with van der Waals surface area (Å²) in [6.07, 6.45) is 4.17. The number of hydrogen-bond acceptors (Lipinski definition) is 4. The summed E-state index contributed by atoms with van der Waals surface area (Å²) in [5.41, 5.74) is -0.471. The first-order chi connectivity index (χ1) is 9.35. The van der Waals surface area contributed by atoms with Crippen molar-refractivity contribution in [1.82, 2.24) is 10.2 Å². The van der Waals surface area contributed by atoms with Crippen LogP contribution in [0.4, 0.5) is 4.79 Å². The van der Waals surface area contributed by atoms with Crippen molar-refractivity contribution in [1.29, 1.82) is 0 Å². The number of carbonyl (C=O) groups excluding carboxylic acids is 1. The molecule has 0 aromatic carbocycles. The highest BCUT2D eigenvalue weighted by molar-refractivity contribution is 5.68. The lowest BCUT2D eigenvalue weighted by Crippen LogP contribution is -2.55. The van der Waals surface area contributed by atoms with E-state index in [0.29, 0.717) is 0 Å². The van der Waals surface area contributed by atoms with E-state index in [1.807, 2.05) is 20.8 Å². The van der Waals surface area contributed by atoms with E-state index < -0.39 is 5.60 Å². The molecule has 2 fully saturated rings. The summed E-state index contributed by atoms with van der Waals surface area (Å²) in [6.45, 7) is 7.76. The number of alkyl carbamates (subject to hydrolysis) is 1. The van der Waals surface area contributed by atoms with E-state index in [1.165, 1.54) is 12.8 Å². The normalized spacial score (nSPS) is 32.1. The summed E-state index contributed by atoms with van der Waals surface area (Å²) in [4.78, 5) is 14.4. The van der Waals surface area contributed by atoms with Crippen LogP contribution in [0.3, 0.4) is 0 Å².